The zero-order chi connectivity index (χ0) is 13.2. The summed E-state index contributed by atoms with van der Waals surface area (Å²) in [5, 5.41) is 4.76. The van der Waals surface area contributed by atoms with Gasteiger partial charge in [0.2, 0.25) is 0 Å². The van der Waals surface area contributed by atoms with Crippen LogP contribution in [0.5, 0.6) is 0 Å². The number of anilines is 1. The van der Waals surface area contributed by atoms with Gasteiger partial charge in [0.15, 0.2) is 5.82 Å². The van der Waals surface area contributed by atoms with Crippen LogP contribution in [-0.2, 0) is 17.6 Å². The van der Waals surface area contributed by atoms with Crippen LogP contribution in [0.2, 0.25) is 0 Å². The highest BCUT2D eigenvalue weighted by molar-refractivity contribution is 7.16. The highest BCUT2D eigenvalue weighted by Crippen LogP contribution is 2.33. The van der Waals surface area contributed by atoms with Crippen LogP contribution in [0.3, 0.4) is 0 Å². The van der Waals surface area contributed by atoms with Gasteiger partial charge in [0.1, 0.15) is 0 Å². The smallest absolute Gasteiger partial charge is 0.260 e. The van der Waals surface area contributed by atoms with E-state index in [1.54, 1.807) is 11.3 Å². The predicted molar refractivity (Wildman–Crippen MR) is 74.1 cm³/mol. The molecular weight excluding hydrogens is 262 g/mol. The SMILES string of the molecule is CCc1cc(-c2nc(CC3CCCO3)no2)c(N)s1. The molecule has 102 valence electrons. The minimum Gasteiger partial charge on any atom is -0.390 e. The molecule has 0 radical (unpaired) electrons. The number of nitrogens with two attached hydrogens (primary N) is 1. The van der Waals surface area contributed by atoms with Crippen molar-refractivity contribution in [3.8, 4) is 11.5 Å². The van der Waals surface area contributed by atoms with Gasteiger partial charge in [-0.15, -0.1) is 11.3 Å². The maximum Gasteiger partial charge on any atom is 0.260 e. The van der Waals surface area contributed by atoms with Crippen molar-refractivity contribution in [3.05, 3.63) is 16.8 Å². The third-order valence-corrected chi connectivity index (χ3v) is 4.40. The molecular formula is C13H17N3O2S. The van der Waals surface area contributed by atoms with E-state index in [4.69, 9.17) is 15.0 Å². The van der Waals surface area contributed by atoms with E-state index < -0.39 is 0 Å². The van der Waals surface area contributed by atoms with E-state index in [1.807, 2.05) is 6.07 Å². The summed E-state index contributed by atoms with van der Waals surface area (Å²) in [4.78, 5) is 5.65. The summed E-state index contributed by atoms with van der Waals surface area (Å²) in [6, 6.07) is 2.03. The van der Waals surface area contributed by atoms with Gasteiger partial charge in [0, 0.05) is 17.9 Å². The molecule has 2 N–H and O–H groups in total. The molecule has 0 bridgehead atoms. The standard InChI is InChI=1S/C13H17N3O2S/c1-2-9-7-10(12(14)19-9)13-15-11(16-18-13)6-8-4-3-5-17-8/h7-8H,2-6,14H2,1H3. The molecule has 5 nitrogen and oxygen atoms in total. The van der Waals surface area contributed by atoms with E-state index in [9.17, 15) is 0 Å². The van der Waals surface area contributed by atoms with Crippen LogP contribution < -0.4 is 5.73 Å². The molecule has 3 rings (SSSR count). The first kappa shape index (κ1) is 12.6. The first-order valence-electron chi connectivity index (χ1n) is 6.59. The maximum atomic E-state index is 5.99. The monoisotopic (exact) mass is 279 g/mol. The third-order valence-electron chi connectivity index (χ3n) is 3.29. The van der Waals surface area contributed by atoms with Gasteiger partial charge < -0.3 is 15.0 Å². The fourth-order valence-electron chi connectivity index (χ4n) is 2.25. The number of nitrogen functional groups attached to an aromatic ring is 1. The molecule has 3 heterocycles. The Kier molecular flexibility index (Phi) is 3.52. The van der Waals surface area contributed by atoms with Crippen molar-refractivity contribution >= 4 is 16.3 Å². The van der Waals surface area contributed by atoms with Crippen LogP contribution in [0.1, 0.15) is 30.5 Å². The highest BCUT2D eigenvalue weighted by Gasteiger charge is 2.20. The Morgan fingerprint density at radius 2 is 2.42 bits per heavy atom. The number of thiophene rings is 1. The lowest BCUT2D eigenvalue weighted by Crippen LogP contribution is -2.09. The molecule has 0 spiro atoms. The molecule has 2 aromatic heterocycles. The molecule has 1 unspecified atom stereocenters. The van der Waals surface area contributed by atoms with E-state index in [2.05, 4.69) is 17.1 Å². The van der Waals surface area contributed by atoms with E-state index in [0.29, 0.717) is 18.1 Å². The Morgan fingerprint density at radius 1 is 1.53 bits per heavy atom. The summed E-state index contributed by atoms with van der Waals surface area (Å²) in [6.45, 7) is 2.94. The second-order valence-corrected chi connectivity index (χ2v) is 5.87. The second-order valence-electron chi connectivity index (χ2n) is 4.70. The number of aryl methyl sites for hydroxylation is 1. The number of ether oxygens (including phenoxy) is 1. The molecule has 0 amide bonds. The number of aromatic nitrogens is 2. The Labute approximate surface area is 115 Å². The number of hydrogen-bond donors (Lipinski definition) is 1. The zero-order valence-electron chi connectivity index (χ0n) is 10.9. The van der Waals surface area contributed by atoms with Gasteiger partial charge in [-0.1, -0.05) is 12.1 Å². The molecule has 1 atom stereocenters. The van der Waals surface area contributed by atoms with Crippen molar-refractivity contribution in [2.45, 2.75) is 38.7 Å². The summed E-state index contributed by atoms with van der Waals surface area (Å²) < 4.78 is 10.9. The van der Waals surface area contributed by atoms with E-state index in [1.165, 1.54) is 4.88 Å². The maximum absolute atomic E-state index is 5.99. The Hall–Kier alpha value is -1.40. The molecule has 1 fully saturated rings. The van der Waals surface area contributed by atoms with Gasteiger partial charge in [0.05, 0.1) is 16.7 Å². The summed E-state index contributed by atoms with van der Waals surface area (Å²) >= 11 is 1.58. The van der Waals surface area contributed by atoms with Crippen molar-refractivity contribution in [2.24, 2.45) is 0 Å². The summed E-state index contributed by atoms with van der Waals surface area (Å²) in [7, 11) is 0. The highest BCUT2D eigenvalue weighted by atomic mass is 32.1. The summed E-state index contributed by atoms with van der Waals surface area (Å²) in [5.41, 5.74) is 6.84. The second kappa shape index (κ2) is 5.30. The Bertz CT molecular complexity index is 558. The minimum atomic E-state index is 0.233. The fraction of sp³-hybridized carbons (Fsp3) is 0.538. The van der Waals surface area contributed by atoms with Gasteiger partial charge in [-0.25, -0.2) is 0 Å². The molecule has 0 aromatic carbocycles. The number of rotatable bonds is 4. The third kappa shape index (κ3) is 2.64. The van der Waals surface area contributed by atoms with Gasteiger partial charge >= 0.3 is 0 Å². The van der Waals surface area contributed by atoms with Crippen LogP contribution in [0.4, 0.5) is 5.00 Å². The summed E-state index contributed by atoms with van der Waals surface area (Å²) in [5.74, 6) is 1.21. The van der Waals surface area contributed by atoms with E-state index in [-0.39, 0.29) is 6.10 Å². The fourth-order valence-corrected chi connectivity index (χ4v) is 3.11. The minimum absolute atomic E-state index is 0.233. The van der Waals surface area contributed by atoms with Crippen LogP contribution in [0.15, 0.2) is 10.6 Å². The average molecular weight is 279 g/mol. The van der Waals surface area contributed by atoms with Gasteiger partial charge in [0.25, 0.3) is 5.89 Å². The largest absolute Gasteiger partial charge is 0.390 e. The van der Waals surface area contributed by atoms with Gasteiger partial charge in [-0.05, 0) is 25.3 Å². The molecule has 0 aliphatic carbocycles. The van der Waals surface area contributed by atoms with Crippen molar-refractivity contribution in [1.29, 1.82) is 0 Å². The molecule has 6 heteroatoms. The quantitative estimate of drug-likeness (QED) is 0.931. The van der Waals surface area contributed by atoms with E-state index in [0.717, 1.165) is 36.4 Å². The van der Waals surface area contributed by atoms with Crippen molar-refractivity contribution in [1.82, 2.24) is 10.1 Å². The number of nitrogens with zero attached hydrogens (tertiary/aromatic N) is 2. The van der Waals surface area contributed by atoms with Crippen molar-refractivity contribution < 1.29 is 9.26 Å². The van der Waals surface area contributed by atoms with Crippen LogP contribution >= 0.6 is 11.3 Å². The predicted octanol–water partition coefficient (Wildman–Crippen LogP) is 2.66. The first-order chi connectivity index (χ1) is 9.26. The van der Waals surface area contributed by atoms with Gasteiger partial charge in [-0.2, -0.15) is 4.98 Å². The Morgan fingerprint density at radius 3 is 3.11 bits per heavy atom. The lowest BCUT2D eigenvalue weighted by Gasteiger charge is -2.03. The zero-order valence-corrected chi connectivity index (χ0v) is 11.7. The van der Waals surface area contributed by atoms with Crippen LogP contribution in [-0.4, -0.2) is 22.9 Å². The Balaban J connectivity index is 1.77. The van der Waals surface area contributed by atoms with Gasteiger partial charge in [-0.3, -0.25) is 0 Å². The van der Waals surface area contributed by atoms with Crippen LogP contribution in [0.25, 0.3) is 11.5 Å². The normalized spacial score (nSPS) is 19.1. The molecule has 1 aliphatic heterocycles. The first-order valence-corrected chi connectivity index (χ1v) is 7.40. The lowest BCUT2D eigenvalue weighted by molar-refractivity contribution is 0.109. The molecule has 1 saturated heterocycles. The molecule has 19 heavy (non-hydrogen) atoms. The molecule has 0 saturated carbocycles. The van der Waals surface area contributed by atoms with Crippen molar-refractivity contribution in [2.75, 3.05) is 12.3 Å². The van der Waals surface area contributed by atoms with E-state index >= 15 is 0 Å². The topological polar surface area (TPSA) is 74.2 Å². The van der Waals surface area contributed by atoms with Crippen LogP contribution in [0, 0.1) is 0 Å². The summed E-state index contributed by atoms with van der Waals surface area (Å²) in [6.07, 6.45) is 4.10. The molecule has 2 aromatic rings. The lowest BCUT2D eigenvalue weighted by atomic mass is 10.2. The average Bonchev–Trinajstić information content (AvgIpc) is 3.10. The molecule has 1 aliphatic rings. The van der Waals surface area contributed by atoms with Crippen molar-refractivity contribution in [3.63, 3.8) is 0 Å². The number of hydrogen-bond acceptors (Lipinski definition) is 6.